The molecule has 2 fully saturated rings. The van der Waals surface area contributed by atoms with E-state index in [4.69, 9.17) is 10.8 Å². The summed E-state index contributed by atoms with van der Waals surface area (Å²) in [5, 5.41) is 37.7. The van der Waals surface area contributed by atoms with Gasteiger partial charge in [0.05, 0.1) is 6.61 Å². The van der Waals surface area contributed by atoms with E-state index in [1.54, 1.807) is 0 Å². The molecule has 0 amide bonds. The minimum atomic E-state index is -4.69. The standard InChI is InChI=1S/C6H11NO9S/c7-5-4(10)3(9)2(1-8)14-6(5,11)16-17(12,13)15-5/h2-4,8-11H,1,7H2/t2-,3-,4+,5+,6-/m1/s1. The highest BCUT2D eigenvalue weighted by atomic mass is 32.3. The molecule has 0 aromatic heterocycles. The van der Waals surface area contributed by atoms with Crippen LogP contribution in [0.2, 0.25) is 0 Å². The minimum absolute atomic E-state index is 0.806. The highest BCUT2D eigenvalue weighted by molar-refractivity contribution is 7.82. The van der Waals surface area contributed by atoms with Crippen LogP contribution in [0.4, 0.5) is 0 Å². The molecule has 2 heterocycles. The fraction of sp³-hybridized carbons (Fsp3) is 1.00. The largest absolute Gasteiger partial charge is 0.406 e. The Morgan fingerprint density at radius 3 is 2.41 bits per heavy atom. The molecule has 17 heavy (non-hydrogen) atoms. The van der Waals surface area contributed by atoms with E-state index in [9.17, 15) is 23.7 Å². The average molecular weight is 273 g/mol. The van der Waals surface area contributed by atoms with Gasteiger partial charge in [0.25, 0.3) is 0 Å². The van der Waals surface area contributed by atoms with Crippen molar-refractivity contribution in [2.75, 3.05) is 6.61 Å². The van der Waals surface area contributed by atoms with E-state index < -0.39 is 47.0 Å². The maximum absolute atomic E-state index is 11.0. The van der Waals surface area contributed by atoms with Crippen molar-refractivity contribution in [2.45, 2.75) is 30.0 Å². The molecule has 100 valence electrons. The molecule has 0 saturated carbocycles. The summed E-state index contributed by atoms with van der Waals surface area (Å²) in [5.74, 6) is -3.02. The first kappa shape index (κ1) is 13.1. The Kier molecular flexibility index (Phi) is 2.74. The number of hydrogen-bond acceptors (Lipinski definition) is 10. The third kappa shape index (κ3) is 1.68. The second-order valence-corrected chi connectivity index (χ2v) is 4.87. The summed E-state index contributed by atoms with van der Waals surface area (Å²) in [6.07, 6.45) is -5.29. The maximum atomic E-state index is 11.0. The maximum Gasteiger partial charge on any atom is 0.406 e. The molecule has 2 aliphatic heterocycles. The molecule has 0 bridgehead atoms. The summed E-state index contributed by atoms with van der Waals surface area (Å²) >= 11 is 0. The Labute approximate surface area is 95.5 Å². The van der Waals surface area contributed by atoms with E-state index in [2.05, 4.69) is 13.1 Å². The predicted molar refractivity (Wildman–Crippen MR) is 46.9 cm³/mol. The van der Waals surface area contributed by atoms with Crippen LogP contribution >= 0.6 is 0 Å². The van der Waals surface area contributed by atoms with Crippen LogP contribution < -0.4 is 5.73 Å². The van der Waals surface area contributed by atoms with Crippen molar-refractivity contribution in [2.24, 2.45) is 5.73 Å². The summed E-state index contributed by atoms with van der Waals surface area (Å²) < 4.78 is 34.9. The Hall–Kier alpha value is -0.370. The molecular formula is C6H11NO9S. The molecule has 2 aliphatic rings. The van der Waals surface area contributed by atoms with Crippen LogP contribution in [-0.2, 0) is 23.5 Å². The molecule has 0 aliphatic carbocycles. The lowest BCUT2D eigenvalue weighted by Crippen LogP contribution is -2.75. The van der Waals surface area contributed by atoms with E-state index in [0.29, 0.717) is 0 Å². The molecule has 0 aromatic carbocycles. The SMILES string of the molecule is N[C@@]12OS(=O)(=O)O[C@]1(O)O[C@H](CO)[C@@H](O)[C@@H]2O. The van der Waals surface area contributed by atoms with Gasteiger partial charge in [0, 0.05) is 0 Å². The summed E-state index contributed by atoms with van der Waals surface area (Å²) in [5.41, 5.74) is 2.62. The van der Waals surface area contributed by atoms with Crippen LogP contribution in [0.5, 0.6) is 0 Å². The van der Waals surface area contributed by atoms with Crippen molar-refractivity contribution < 1.29 is 41.9 Å². The summed E-state index contributed by atoms with van der Waals surface area (Å²) in [4.78, 5) is 0. The molecule has 2 rings (SSSR count). The van der Waals surface area contributed by atoms with Crippen LogP contribution in [0, 0.1) is 0 Å². The average Bonchev–Trinajstić information content (AvgIpc) is 2.39. The first-order valence-electron chi connectivity index (χ1n) is 4.47. The molecule has 0 radical (unpaired) electrons. The number of ether oxygens (including phenoxy) is 1. The normalized spacial score (nSPS) is 53.4. The number of rotatable bonds is 1. The van der Waals surface area contributed by atoms with Gasteiger partial charge in [-0.1, -0.05) is 0 Å². The Bertz CT molecular complexity index is 425. The third-order valence-corrected chi connectivity index (χ3v) is 3.49. The van der Waals surface area contributed by atoms with Crippen molar-refractivity contribution in [3.63, 3.8) is 0 Å². The van der Waals surface area contributed by atoms with Gasteiger partial charge < -0.3 is 25.2 Å². The van der Waals surface area contributed by atoms with Crippen molar-refractivity contribution in [3.8, 4) is 0 Å². The van der Waals surface area contributed by atoms with Crippen LogP contribution in [0.3, 0.4) is 0 Å². The number of hydrogen-bond donors (Lipinski definition) is 5. The fourth-order valence-corrected chi connectivity index (χ4v) is 2.69. The second-order valence-electron chi connectivity index (χ2n) is 3.72. The number of aliphatic hydroxyl groups is 4. The van der Waals surface area contributed by atoms with Gasteiger partial charge in [-0.2, -0.15) is 12.6 Å². The van der Waals surface area contributed by atoms with Crippen LogP contribution in [0.1, 0.15) is 0 Å². The van der Waals surface area contributed by atoms with Crippen LogP contribution in [-0.4, -0.2) is 65.5 Å². The van der Waals surface area contributed by atoms with Gasteiger partial charge in [-0.3, -0.25) is 5.73 Å². The Morgan fingerprint density at radius 2 is 1.88 bits per heavy atom. The zero-order chi connectivity index (χ0) is 13.1. The van der Waals surface area contributed by atoms with Crippen molar-refractivity contribution >= 4 is 10.4 Å². The summed E-state index contributed by atoms with van der Waals surface area (Å²) in [7, 11) is -4.69. The monoisotopic (exact) mass is 273 g/mol. The van der Waals surface area contributed by atoms with Gasteiger partial charge in [0.2, 0.25) is 5.72 Å². The zero-order valence-corrected chi connectivity index (χ0v) is 9.07. The zero-order valence-electron chi connectivity index (χ0n) is 8.25. The number of nitrogens with two attached hydrogens (primary N) is 1. The minimum Gasteiger partial charge on any atom is -0.394 e. The molecular weight excluding hydrogens is 262 g/mol. The lowest BCUT2D eigenvalue weighted by atomic mass is 9.93. The fourth-order valence-electron chi connectivity index (χ4n) is 1.67. The van der Waals surface area contributed by atoms with Gasteiger partial charge in [-0.25, -0.2) is 4.18 Å². The molecule has 0 spiro atoms. The van der Waals surface area contributed by atoms with Crippen molar-refractivity contribution in [1.29, 1.82) is 0 Å². The quantitative estimate of drug-likeness (QED) is 0.315. The number of fused-ring (bicyclic) bond motifs is 1. The van der Waals surface area contributed by atoms with E-state index in [1.165, 1.54) is 0 Å². The Morgan fingerprint density at radius 1 is 1.29 bits per heavy atom. The first-order chi connectivity index (χ1) is 7.65. The van der Waals surface area contributed by atoms with E-state index in [1.807, 2.05) is 0 Å². The molecule has 10 nitrogen and oxygen atoms in total. The van der Waals surface area contributed by atoms with Gasteiger partial charge in [-0.05, 0) is 0 Å². The van der Waals surface area contributed by atoms with Gasteiger partial charge >= 0.3 is 16.4 Å². The lowest BCUT2D eigenvalue weighted by Gasteiger charge is -2.45. The van der Waals surface area contributed by atoms with Crippen LogP contribution in [0.25, 0.3) is 0 Å². The topological polar surface area (TPSA) is 169 Å². The predicted octanol–water partition coefficient (Wildman–Crippen LogP) is -4.31. The molecule has 5 atom stereocenters. The second kappa shape index (κ2) is 3.57. The van der Waals surface area contributed by atoms with E-state index in [-0.39, 0.29) is 0 Å². The van der Waals surface area contributed by atoms with E-state index >= 15 is 0 Å². The van der Waals surface area contributed by atoms with E-state index in [0.717, 1.165) is 0 Å². The summed E-state index contributed by atoms with van der Waals surface area (Å²) in [6.45, 7) is -0.806. The molecule has 6 N–H and O–H groups in total. The van der Waals surface area contributed by atoms with Gasteiger partial charge in [0.15, 0.2) is 0 Å². The third-order valence-electron chi connectivity index (χ3n) is 2.58. The van der Waals surface area contributed by atoms with Crippen LogP contribution in [0.15, 0.2) is 0 Å². The molecule has 2 saturated heterocycles. The van der Waals surface area contributed by atoms with Crippen molar-refractivity contribution in [1.82, 2.24) is 0 Å². The molecule has 0 unspecified atom stereocenters. The number of aliphatic hydroxyl groups excluding tert-OH is 3. The molecule has 0 aromatic rings. The van der Waals surface area contributed by atoms with Gasteiger partial charge in [0.1, 0.15) is 18.3 Å². The Balaban J connectivity index is 2.45. The van der Waals surface area contributed by atoms with Crippen molar-refractivity contribution in [3.05, 3.63) is 0 Å². The smallest absolute Gasteiger partial charge is 0.394 e. The highest BCUT2D eigenvalue weighted by Crippen LogP contribution is 2.43. The highest BCUT2D eigenvalue weighted by Gasteiger charge is 2.73. The van der Waals surface area contributed by atoms with Gasteiger partial charge in [-0.15, -0.1) is 0 Å². The molecule has 11 heteroatoms. The lowest BCUT2D eigenvalue weighted by molar-refractivity contribution is -0.428. The summed E-state index contributed by atoms with van der Waals surface area (Å²) in [6, 6.07) is 0. The first-order valence-corrected chi connectivity index (χ1v) is 5.81.